The van der Waals surface area contributed by atoms with E-state index in [1.165, 1.54) is 18.2 Å². The number of benzene rings is 1. The number of aromatic nitrogens is 2. The number of nitrogens with zero attached hydrogens (tertiary/aromatic N) is 3. The van der Waals surface area contributed by atoms with Crippen molar-refractivity contribution in [1.82, 2.24) is 15.1 Å². The minimum Gasteiger partial charge on any atom is -0.416 e. The molecular formula is C17H21N3O2S. The molecule has 23 heavy (non-hydrogen) atoms. The predicted octanol–water partition coefficient (Wildman–Crippen LogP) is 3.16. The molecule has 1 fully saturated rings. The SMILES string of the molecule is O=C(CCSc1nnc(Cc2ccccc2)o1)N1CCCCC1. The zero-order valence-corrected chi connectivity index (χ0v) is 13.9. The molecule has 5 nitrogen and oxygen atoms in total. The number of carbonyl (C=O) groups excluding carboxylic acids is 1. The predicted molar refractivity (Wildman–Crippen MR) is 89.3 cm³/mol. The molecule has 0 atom stereocenters. The van der Waals surface area contributed by atoms with E-state index in [0.717, 1.165) is 31.5 Å². The van der Waals surface area contributed by atoms with Crippen LogP contribution in [-0.2, 0) is 11.2 Å². The Balaban J connectivity index is 1.43. The fourth-order valence-corrected chi connectivity index (χ4v) is 3.37. The summed E-state index contributed by atoms with van der Waals surface area (Å²) in [5, 5.41) is 8.65. The van der Waals surface area contributed by atoms with Crippen molar-refractivity contribution in [3.63, 3.8) is 0 Å². The molecule has 122 valence electrons. The van der Waals surface area contributed by atoms with Crippen molar-refractivity contribution in [2.75, 3.05) is 18.8 Å². The quantitative estimate of drug-likeness (QED) is 0.761. The maximum atomic E-state index is 12.1. The first-order valence-corrected chi connectivity index (χ1v) is 9.07. The van der Waals surface area contributed by atoms with Gasteiger partial charge in [-0.1, -0.05) is 42.1 Å². The second-order valence-electron chi connectivity index (χ2n) is 5.66. The zero-order valence-electron chi connectivity index (χ0n) is 13.1. The van der Waals surface area contributed by atoms with E-state index in [2.05, 4.69) is 10.2 Å². The molecule has 1 amide bonds. The van der Waals surface area contributed by atoms with Gasteiger partial charge in [0.25, 0.3) is 5.22 Å². The molecule has 0 N–H and O–H groups in total. The van der Waals surface area contributed by atoms with Gasteiger partial charge in [-0.15, -0.1) is 10.2 Å². The summed E-state index contributed by atoms with van der Waals surface area (Å²) < 4.78 is 5.63. The molecule has 2 heterocycles. The van der Waals surface area contributed by atoms with Crippen molar-refractivity contribution in [3.8, 4) is 0 Å². The second kappa shape index (κ2) is 8.15. The van der Waals surface area contributed by atoms with E-state index in [1.807, 2.05) is 35.2 Å². The molecule has 3 rings (SSSR count). The third-order valence-electron chi connectivity index (χ3n) is 3.90. The molecule has 0 bridgehead atoms. The first-order chi connectivity index (χ1) is 11.3. The van der Waals surface area contributed by atoms with Crippen LogP contribution in [0.1, 0.15) is 37.1 Å². The minimum absolute atomic E-state index is 0.237. The summed E-state index contributed by atoms with van der Waals surface area (Å²) in [6, 6.07) is 10.0. The van der Waals surface area contributed by atoms with E-state index in [9.17, 15) is 4.79 Å². The molecule has 1 aliphatic rings. The summed E-state index contributed by atoms with van der Waals surface area (Å²) >= 11 is 1.46. The highest BCUT2D eigenvalue weighted by Gasteiger charge is 2.16. The van der Waals surface area contributed by atoms with E-state index < -0.39 is 0 Å². The zero-order chi connectivity index (χ0) is 15.9. The van der Waals surface area contributed by atoms with E-state index >= 15 is 0 Å². The van der Waals surface area contributed by atoms with Crippen LogP contribution in [0.25, 0.3) is 0 Å². The first-order valence-electron chi connectivity index (χ1n) is 8.08. The topological polar surface area (TPSA) is 59.2 Å². The molecule has 0 unspecified atom stereocenters. The number of rotatable bonds is 6. The molecule has 1 aromatic heterocycles. The molecule has 6 heteroatoms. The number of hydrogen-bond acceptors (Lipinski definition) is 5. The van der Waals surface area contributed by atoms with Crippen LogP contribution in [0.3, 0.4) is 0 Å². The van der Waals surface area contributed by atoms with Crippen molar-refractivity contribution in [3.05, 3.63) is 41.8 Å². The van der Waals surface area contributed by atoms with Crippen molar-refractivity contribution >= 4 is 17.7 Å². The number of piperidine rings is 1. The summed E-state index contributed by atoms with van der Waals surface area (Å²) in [6.07, 6.45) is 4.67. The van der Waals surface area contributed by atoms with E-state index in [0.29, 0.717) is 29.7 Å². The van der Waals surface area contributed by atoms with Gasteiger partial charge in [-0.2, -0.15) is 0 Å². The van der Waals surface area contributed by atoms with Crippen LogP contribution in [0.5, 0.6) is 0 Å². The van der Waals surface area contributed by atoms with Crippen LogP contribution in [0.15, 0.2) is 40.0 Å². The summed E-state index contributed by atoms with van der Waals surface area (Å²) in [5.74, 6) is 1.53. The molecule has 1 aromatic carbocycles. The summed E-state index contributed by atoms with van der Waals surface area (Å²) in [4.78, 5) is 14.1. The summed E-state index contributed by atoms with van der Waals surface area (Å²) in [6.45, 7) is 1.82. The fourth-order valence-electron chi connectivity index (χ4n) is 2.67. The van der Waals surface area contributed by atoms with Gasteiger partial charge in [-0.25, -0.2) is 0 Å². The third kappa shape index (κ3) is 4.82. The molecular weight excluding hydrogens is 310 g/mol. The molecule has 1 saturated heterocycles. The number of amides is 1. The Kier molecular flexibility index (Phi) is 5.69. The lowest BCUT2D eigenvalue weighted by Crippen LogP contribution is -2.35. The highest BCUT2D eigenvalue weighted by molar-refractivity contribution is 7.99. The Hall–Kier alpha value is -1.82. The van der Waals surface area contributed by atoms with Gasteiger partial charge in [-0.05, 0) is 24.8 Å². The lowest BCUT2D eigenvalue weighted by Gasteiger charge is -2.26. The second-order valence-corrected chi connectivity index (χ2v) is 6.71. The van der Waals surface area contributed by atoms with E-state index in [4.69, 9.17) is 4.42 Å². The maximum absolute atomic E-state index is 12.1. The third-order valence-corrected chi connectivity index (χ3v) is 4.72. The molecule has 0 saturated carbocycles. The Bertz CT molecular complexity index is 624. The Morgan fingerprint density at radius 2 is 1.91 bits per heavy atom. The van der Waals surface area contributed by atoms with Crippen LogP contribution in [0, 0.1) is 0 Å². The Labute approximate surface area is 140 Å². The number of thioether (sulfide) groups is 1. The highest BCUT2D eigenvalue weighted by atomic mass is 32.2. The lowest BCUT2D eigenvalue weighted by molar-refractivity contribution is -0.131. The van der Waals surface area contributed by atoms with Crippen molar-refractivity contribution in [2.45, 2.75) is 37.3 Å². The van der Waals surface area contributed by atoms with Gasteiger partial charge in [0.1, 0.15) is 0 Å². The van der Waals surface area contributed by atoms with Crippen LogP contribution >= 0.6 is 11.8 Å². The van der Waals surface area contributed by atoms with Gasteiger partial charge in [0, 0.05) is 25.3 Å². The number of likely N-dealkylation sites (tertiary alicyclic amines) is 1. The monoisotopic (exact) mass is 331 g/mol. The fraction of sp³-hybridized carbons (Fsp3) is 0.471. The maximum Gasteiger partial charge on any atom is 0.276 e. The van der Waals surface area contributed by atoms with Crippen molar-refractivity contribution < 1.29 is 9.21 Å². The largest absolute Gasteiger partial charge is 0.416 e. The normalized spacial score (nSPS) is 14.9. The van der Waals surface area contributed by atoms with Crippen LogP contribution in [-0.4, -0.2) is 39.8 Å². The van der Waals surface area contributed by atoms with Gasteiger partial charge in [0.15, 0.2) is 0 Å². The smallest absolute Gasteiger partial charge is 0.276 e. The molecule has 0 spiro atoms. The average molecular weight is 331 g/mol. The summed E-state index contributed by atoms with van der Waals surface area (Å²) in [7, 11) is 0. The highest BCUT2D eigenvalue weighted by Crippen LogP contribution is 2.19. The van der Waals surface area contributed by atoms with E-state index in [-0.39, 0.29) is 5.91 Å². The van der Waals surface area contributed by atoms with Crippen molar-refractivity contribution in [1.29, 1.82) is 0 Å². The Morgan fingerprint density at radius 3 is 2.70 bits per heavy atom. The van der Waals surface area contributed by atoms with Gasteiger partial charge in [-0.3, -0.25) is 4.79 Å². The molecule has 0 aliphatic carbocycles. The Morgan fingerprint density at radius 1 is 1.13 bits per heavy atom. The van der Waals surface area contributed by atoms with Gasteiger partial charge < -0.3 is 9.32 Å². The van der Waals surface area contributed by atoms with Gasteiger partial charge in [0.2, 0.25) is 11.8 Å². The van der Waals surface area contributed by atoms with Gasteiger partial charge in [0.05, 0.1) is 6.42 Å². The first kappa shape index (κ1) is 16.1. The molecule has 2 aromatic rings. The lowest BCUT2D eigenvalue weighted by atomic mass is 10.1. The van der Waals surface area contributed by atoms with Crippen LogP contribution in [0.2, 0.25) is 0 Å². The van der Waals surface area contributed by atoms with Gasteiger partial charge >= 0.3 is 0 Å². The van der Waals surface area contributed by atoms with Crippen LogP contribution in [0.4, 0.5) is 0 Å². The van der Waals surface area contributed by atoms with Crippen LogP contribution < -0.4 is 0 Å². The summed E-state index contributed by atoms with van der Waals surface area (Å²) in [5.41, 5.74) is 1.15. The van der Waals surface area contributed by atoms with E-state index in [1.54, 1.807) is 0 Å². The molecule has 0 radical (unpaired) electrons. The minimum atomic E-state index is 0.237. The number of hydrogen-bond donors (Lipinski definition) is 0. The average Bonchev–Trinajstić information content (AvgIpc) is 3.04. The molecule has 1 aliphatic heterocycles. The number of carbonyl (C=O) groups is 1. The standard InChI is InChI=1S/C17H21N3O2S/c21-16(20-10-5-2-6-11-20)9-12-23-17-19-18-15(22-17)13-14-7-3-1-4-8-14/h1,3-4,7-8H,2,5-6,9-13H2. The van der Waals surface area contributed by atoms with Crippen molar-refractivity contribution in [2.24, 2.45) is 0 Å².